The Morgan fingerprint density at radius 1 is 1.15 bits per heavy atom. The third kappa shape index (κ3) is 5.22. The van der Waals surface area contributed by atoms with Crippen LogP contribution in [0, 0.1) is 23.7 Å². The van der Waals surface area contributed by atoms with Crippen molar-refractivity contribution in [3.63, 3.8) is 0 Å². The van der Waals surface area contributed by atoms with E-state index in [0.717, 1.165) is 19.3 Å². The van der Waals surface area contributed by atoms with Gasteiger partial charge in [0.1, 0.15) is 0 Å². The summed E-state index contributed by atoms with van der Waals surface area (Å²) in [6, 6.07) is 5.21. The molecule has 1 aromatic heterocycles. The lowest BCUT2D eigenvalue weighted by molar-refractivity contribution is 0.0633. The Morgan fingerprint density at radius 3 is 2.39 bits per heavy atom. The quantitative estimate of drug-likeness (QED) is 0.660. The van der Waals surface area contributed by atoms with Crippen molar-refractivity contribution >= 4 is 36.3 Å². The van der Waals surface area contributed by atoms with Gasteiger partial charge in [-0.2, -0.15) is 13.5 Å². The average molecular weight is 477 g/mol. The Hall–Kier alpha value is -2.06. The number of amides is 1. The monoisotopic (exact) mass is 476 g/mol. The molecule has 1 saturated carbocycles. The predicted molar refractivity (Wildman–Crippen MR) is 138 cm³/mol. The summed E-state index contributed by atoms with van der Waals surface area (Å²) in [7, 11) is 0. The van der Waals surface area contributed by atoms with E-state index in [4.69, 9.17) is 5.73 Å². The largest absolute Gasteiger partial charge is 0.339 e. The first-order chi connectivity index (χ1) is 15.2. The van der Waals surface area contributed by atoms with Gasteiger partial charge in [0.2, 0.25) is 5.91 Å². The van der Waals surface area contributed by atoms with Crippen molar-refractivity contribution < 1.29 is 9.59 Å². The van der Waals surface area contributed by atoms with Crippen molar-refractivity contribution in [3.05, 3.63) is 34.2 Å². The zero-order chi connectivity index (χ0) is 23.6. The highest BCUT2D eigenvalue weighted by molar-refractivity contribution is 7.59. The zero-order valence-electron chi connectivity index (χ0n) is 20.6. The summed E-state index contributed by atoms with van der Waals surface area (Å²) in [5, 5.41) is 0. The van der Waals surface area contributed by atoms with Gasteiger partial charge in [-0.05, 0) is 62.6 Å². The minimum atomic E-state index is -0.358. The van der Waals surface area contributed by atoms with Crippen LogP contribution >= 0.6 is 13.5 Å². The summed E-state index contributed by atoms with van der Waals surface area (Å²) >= 11 is 0. The molecular weight excluding hydrogens is 436 g/mol. The lowest BCUT2D eigenvalue weighted by Gasteiger charge is -2.36. The molecule has 184 valence electrons. The van der Waals surface area contributed by atoms with Gasteiger partial charge >= 0.3 is 5.69 Å². The molecule has 2 N–H and O–H groups in total. The second kappa shape index (κ2) is 11.4. The van der Waals surface area contributed by atoms with Gasteiger partial charge in [-0.1, -0.05) is 27.2 Å². The van der Waals surface area contributed by atoms with Gasteiger partial charge < -0.3 is 10.6 Å². The number of nitrogens with two attached hydrogens (primary N) is 1. The lowest BCUT2D eigenvalue weighted by atomic mass is 9.69. The fourth-order valence-electron chi connectivity index (χ4n) is 5.29. The number of rotatable bonds is 7. The van der Waals surface area contributed by atoms with Gasteiger partial charge in [0.15, 0.2) is 0 Å². The zero-order valence-corrected chi connectivity index (χ0v) is 21.6. The van der Waals surface area contributed by atoms with Gasteiger partial charge in [-0.15, -0.1) is 0 Å². The first-order valence-electron chi connectivity index (χ1n) is 12.0. The molecule has 1 fully saturated rings. The maximum atomic E-state index is 13.8. The number of carbonyl (C=O) groups excluding carboxylic acids is 2. The predicted octanol–water partition coefficient (Wildman–Crippen LogP) is 3.71. The number of nitrogens with zero attached hydrogens (tertiary/aromatic N) is 3. The smallest absolute Gasteiger partial charge is 0.336 e. The first kappa shape index (κ1) is 27.2. The maximum Gasteiger partial charge on any atom is 0.336 e. The molecule has 0 unspecified atom stereocenters. The van der Waals surface area contributed by atoms with Gasteiger partial charge in [0.25, 0.3) is 5.91 Å². The van der Waals surface area contributed by atoms with Crippen LogP contribution in [0.5, 0.6) is 0 Å². The lowest BCUT2D eigenvalue weighted by Crippen LogP contribution is -2.40. The minimum absolute atomic E-state index is 0. The van der Waals surface area contributed by atoms with Crippen molar-refractivity contribution in [1.29, 1.82) is 0 Å². The highest BCUT2D eigenvalue weighted by Gasteiger charge is 2.37. The molecule has 8 heteroatoms. The van der Waals surface area contributed by atoms with E-state index in [9.17, 15) is 14.4 Å². The van der Waals surface area contributed by atoms with Crippen LogP contribution in [0.25, 0.3) is 11.0 Å². The van der Waals surface area contributed by atoms with Crippen LogP contribution in [-0.4, -0.2) is 45.5 Å². The second-order valence-electron chi connectivity index (χ2n) is 9.51. The SMILES string of the molecule is CCN(CC)C(=O)c1ccc2c(c1)n(CCN)c(=O)n2C(=O)[C@@H]1C[C@H](C)CC[C@H]1C(C)C.S. The Bertz CT molecular complexity index is 1040. The van der Waals surface area contributed by atoms with Crippen LogP contribution in [-0.2, 0) is 6.54 Å². The molecule has 1 aromatic carbocycles. The fraction of sp³-hybridized carbons (Fsp3) is 0.640. The highest BCUT2D eigenvalue weighted by Crippen LogP contribution is 2.39. The molecule has 1 aliphatic rings. The van der Waals surface area contributed by atoms with E-state index in [1.807, 2.05) is 13.8 Å². The van der Waals surface area contributed by atoms with E-state index in [1.165, 1.54) is 4.57 Å². The number of carbonyl (C=O) groups is 2. The molecule has 3 rings (SSSR count). The number of hydrogen-bond acceptors (Lipinski definition) is 4. The molecule has 1 amide bonds. The topological polar surface area (TPSA) is 90.3 Å². The summed E-state index contributed by atoms with van der Waals surface area (Å²) in [5.74, 6) is 0.730. The second-order valence-corrected chi connectivity index (χ2v) is 9.51. The van der Waals surface area contributed by atoms with E-state index in [0.29, 0.717) is 48.1 Å². The number of fused-ring (bicyclic) bond motifs is 1. The third-order valence-corrected chi connectivity index (χ3v) is 7.14. The summed E-state index contributed by atoms with van der Waals surface area (Å²) in [6.07, 6.45) is 2.93. The van der Waals surface area contributed by atoms with Crippen molar-refractivity contribution in [3.8, 4) is 0 Å². The molecule has 7 nitrogen and oxygen atoms in total. The molecule has 0 radical (unpaired) electrons. The molecule has 0 aliphatic heterocycles. The first-order valence-corrected chi connectivity index (χ1v) is 12.0. The van der Waals surface area contributed by atoms with Crippen molar-refractivity contribution in [1.82, 2.24) is 14.0 Å². The standard InChI is InChI=1S/C25H38N4O3.H2S/c1-6-27(7-2)23(30)18-9-11-21-22(15-18)28(13-12-26)25(32)29(21)24(31)20-14-17(5)8-10-19(20)16(3)4;/h9,11,15-17,19-20H,6-8,10,12-14,26H2,1-5H3;1H2/t17-,19+,20-;/m1./s1. The van der Waals surface area contributed by atoms with Crippen LogP contribution in [0.3, 0.4) is 0 Å². The van der Waals surface area contributed by atoms with Gasteiger partial charge in [0.05, 0.1) is 11.0 Å². The summed E-state index contributed by atoms with van der Waals surface area (Å²) < 4.78 is 2.89. The summed E-state index contributed by atoms with van der Waals surface area (Å²) in [6.45, 7) is 12.2. The minimum Gasteiger partial charge on any atom is -0.339 e. The van der Waals surface area contributed by atoms with Crippen LogP contribution in [0.15, 0.2) is 23.0 Å². The van der Waals surface area contributed by atoms with Gasteiger partial charge in [0, 0.05) is 37.7 Å². The molecule has 1 aliphatic carbocycles. The van der Waals surface area contributed by atoms with E-state index in [-0.39, 0.29) is 49.4 Å². The van der Waals surface area contributed by atoms with Gasteiger partial charge in [-0.3, -0.25) is 14.2 Å². The highest BCUT2D eigenvalue weighted by atomic mass is 32.1. The van der Waals surface area contributed by atoms with Crippen LogP contribution in [0.1, 0.15) is 69.0 Å². The van der Waals surface area contributed by atoms with Crippen molar-refractivity contribution in [2.24, 2.45) is 29.4 Å². The molecule has 0 saturated heterocycles. The number of benzene rings is 1. The van der Waals surface area contributed by atoms with Crippen molar-refractivity contribution in [2.75, 3.05) is 19.6 Å². The van der Waals surface area contributed by atoms with E-state index in [2.05, 4.69) is 20.8 Å². The van der Waals surface area contributed by atoms with E-state index in [1.54, 1.807) is 27.7 Å². The Morgan fingerprint density at radius 2 is 1.82 bits per heavy atom. The van der Waals surface area contributed by atoms with E-state index < -0.39 is 0 Å². The molecule has 33 heavy (non-hydrogen) atoms. The molecule has 0 spiro atoms. The fourth-order valence-corrected chi connectivity index (χ4v) is 5.29. The Labute approximate surface area is 203 Å². The number of imidazole rings is 1. The summed E-state index contributed by atoms with van der Waals surface area (Å²) in [4.78, 5) is 41.8. The molecule has 2 aromatic rings. The van der Waals surface area contributed by atoms with Gasteiger partial charge in [-0.25, -0.2) is 9.36 Å². The molecule has 3 atom stereocenters. The molecule has 0 bridgehead atoms. The molecule has 1 heterocycles. The Kier molecular flexibility index (Phi) is 9.38. The Balaban J connectivity index is 0.00000385. The molecular formula is C25H40N4O3S. The van der Waals surface area contributed by atoms with Crippen LogP contribution < -0.4 is 11.4 Å². The average Bonchev–Trinajstić information content (AvgIpc) is 3.04. The van der Waals surface area contributed by atoms with Crippen molar-refractivity contribution in [2.45, 2.75) is 60.4 Å². The number of hydrogen-bond donors (Lipinski definition) is 1. The van der Waals surface area contributed by atoms with E-state index >= 15 is 0 Å². The normalized spacial score (nSPS) is 20.6. The van der Waals surface area contributed by atoms with Crippen LogP contribution in [0.4, 0.5) is 0 Å². The van der Waals surface area contributed by atoms with Crippen LogP contribution in [0.2, 0.25) is 0 Å². The number of aromatic nitrogens is 2. The maximum absolute atomic E-state index is 13.8. The third-order valence-electron chi connectivity index (χ3n) is 7.14. The summed E-state index contributed by atoms with van der Waals surface area (Å²) in [5.41, 5.74) is 7.10.